The minimum absolute atomic E-state index is 0.0602. The van der Waals surface area contributed by atoms with E-state index in [9.17, 15) is 4.79 Å². The summed E-state index contributed by atoms with van der Waals surface area (Å²) in [7, 11) is 0. The Kier molecular flexibility index (Phi) is 3.70. The maximum atomic E-state index is 11.7. The van der Waals surface area contributed by atoms with Gasteiger partial charge in [-0.15, -0.1) is 0 Å². The molecule has 1 amide bonds. The van der Waals surface area contributed by atoms with Gasteiger partial charge in [0.25, 0.3) is 0 Å². The number of nitrogens with one attached hydrogen (secondary N) is 1. The molecule has 88 valence electrons. The van der Waals surface area contributed by atoms with Crippen LogP contribution in [-0.4, -0.2) is 17.4 Å². The van der Waals surface area contributed by atoms with Crippen molar-refractivity contribution >= 4 is 16.8 Å². The van der Waals surface area contributed by atoms with Crippen molar-refractivity contribution in [1.82, 2.24) is 10.3 Å². The smallest absolute Gasteiger partial charge is 0.224 e. The number of nitrogens with zero attached hydrogens (tertiary/aromatic N) is 1. The molecule has 2 aromatic rings. The highest BCUT2D eigenvalue weighted by Gasteiger charge is 2.06. The number of aromatic nitrogens is 1. The Labute approximate surface area is 101 Å². The molecule has 0 aliphatic rings. The van der Waals surface area contributed by atoms with Gasteiger partial charge in [-0.05, 0) is 18.1 Å². The normalized spacial score (nSPS) is 10.4. The van der Waals surface area contributed by atoms with Crippen LogP contribution in [0.15, 0.2) is 36.5 Å². The van der Waals surface area contributed by atoms with Gasteiger partial charge in [-0.2, -0.15) is 0 Å². The molecule has 1 N–H and O–H groups in total. The summed E-state index contributed by atoms with van der Waals surface area (Å²) in [5.74, 6) is 0.0602. The first-order valence-corrected chi connectivity index (χ1v) is 5.90. The predicted molar refractivity (Wildman–Crippen MR) is 68.7 cm³/mol. The van der Waals surface area contributed by atoms with Crippen molar-refractivity contribution in [2.24, 2.45) is 0 Å². The van der Waals surface area contributed by atoms with Crippen LogP contribution in [-0.2, 0) is 11.2 Å². The third kappa shape index (κ3) is 2.81. The maximum Gasteiger partial charge on any atom is 0.224 e. The van der Waals surface area contributed by atoms with E-state index < -0.39 is 0 Å². The zero-order valence-electron chi connectivity index (χ0n) is 9.94. The fraction of sp³-hybridized carbons (Fsp3) is 0.286. The minimum Gasteiger partial charge on any atom is -0.356 e. The third-order valence-corrected chi connectivity index (χ3v) is 2.64. The van der Waals surface area contributed by atoms with Gasteiger partial charge >= 0.3 is 0 Å². The first-order chi connectivity index (χ1) is 8.31. The molecule has 0 aliphatic heterocycles. The number of amides is 1. The van der Waals surface area contributed by atoms with Gasteiger partial charge < -0.3 is 5.32 Å². The van der Waals surface area contributed by atoms with Gasteiger partial charge in [0.05, 0.1) is 11.9 Å². The molecule has 17 heavy (non-hydrogen) atoms. The van der Waals surface area contributed by atoms with Crippen molar-refractivity contribution in [3.05, 3.63) is 42.1 Å². The molecule has 3 heteroatoms. The lowest BCUT2D eigenvalue weighted by Gasteiger charge is -2.06. The Balaban J connectivity index is 2.21. The Hall–Kier alpha value is -1.90. The Bertz CT molecular complexity index is 517. The monoisotopic (exact) mass is 228 g/mol. The molecular weight excluding hydrogens is 212 g/mol. The van der Waals surface area contributed by atoms with Crippen molar-refractivity contribution in [3.8, 4) is 0 Å². The van der Waals surface area contributed by atoms with Gasteiger partial charge in [-0.1, -0.05) is 31.2 Å². The topological polar surface area (TPSA) is 42.0 Å². The largest absolute Gasteiger partial charge is 0.356 e. The summed E-state index contributed by atoms with van der Waals surface area (Å²) >= 11 is 0. The Morgan fingerprint density at radius 2 is 2.12 bits per heavy atom. The van der Waals surface area contributed by atoms with Crippen LogP contribution in [0.3, 0.4) is 0 Å². The van der Waals surface area contributed by atoms with Crippen molar-refractivity contribution in [3.63, 3.8) is 0 Å². The molecule has 1 aromatic carbocycles. The number of hydrogen-bond donors (Lipinski definition) is 1. The van der Waals surface area contributed by atoms with E-state index in [1.807, 2.05) is 37.3 Å². The van der Waals surface area contributed by atoms with E-state index in [2.05, 4.69) is 10.3 Å². The van der Waals surface area contributed by atoms with E-state index in [1.54, 1.807) is 6.20 Å². The van der Waals surface area contributed by atoms with Gasteiger partial charge in [0, 0.05) is 18.1 Å². The van der Waals surface area contributed by atoms with E-state index in [0.717, 1.165) is 29.4 Å². The number of fused-ring (bicyclic) bond motifs is 1. The number of rotatable bonds is 4. The lowest BCUT2D eigenvalue weighted by Crippen LogP contribution is -2.25. The molecule has 1 aromatic heterocycles. The number of carbonyl (C=O) groups is 1. The average molecular weight is 228 g/mol. The second kappa shape index (κ2) is 5.43. The van der Waals surface area contributed by atoms with Gasteiger partial charge in [-0.3, -0.25) is 9.78 Å². The van der Waals surface area contributed by atoms with Gasteiger partial charge in [-0.25, -0.2) is 0 Å². The standard InChI is InChI=1S/C14H16N2O/c1-2-8-15-13(17)10-12-6-3-5-11-7-4-9-16-14(11)12/h3-7,9H,2,8,10H2,1H3,(H,15,17). The van der Waals surface area contributed by atoms with Crippen LogP contribution in [0, 0.1) is 0 Å². The number of benzene rings is 1. The fourth-order valence-corrected chi connectivity index (χ4v) is 1.81. The molecule has 0 atom stereocenters. The van der Waals surface area contributed by atoms with Gasteiger partial charge in [0.2, 0.25) is 5.91 Å². The zero-order chi connectivity index (χ0) is 12.1. The van der Waals surface area contributed by atoms with Crippen LogP contribution in [0.1, 0.15) is 18.9 Å². The molecular formula is C14H16N2O. The number of para-hydroxylation sites is 1. The van der Waals surface area contributed by atoms with Gasteiger partial charge in [0.15, 0.2) is 0 Å². The summed E-state index contributed by atoms with van der Waals surface area (Å²) in [6.07, 6.45) is 3.11. The van der Waals surface area contributed by atoms with Crippen molar-refractivity contribution in [2.75, 3.05) is 6.54 Å². The summed E-state index contributed by atoms with van der Waals surface area (Å²) in [5, 5.41) is 3.96. The molecule has 0 saturated heterocycles. The van der Waals surface area contributed by atoms with Crippen molar-refractivity contribution < 1.29 is 4.79 Å². The summed E-state index contributed by atoms with van der Waals surface area (Å²) in [6.45, 7) is 2.77. The maximum absolute atomic E-state index is 11.7. The number of pyridine rings is 1. The second-order valence-electron chi connectivity index (χ2n) is 4.02. The van der Waals surface area contributed by atoms with Crippen LogP contribution < -0.4 is 5.32 Å². The Morgan fingerprint density at radius 1 is 1.29 bits per heavy atom. The van der Waals surface area contributed by atoms with Crippen LogP contribution in [0.4, 0.5) is 0 Å². The summed E-state index contributed by atoms with van der Waals surface area (Å²) < 4.78 is 0. The molecule has 3 nitrogen and oxygen atoms in total. The minimum atomic E-state index is 0.0602. The predicted octanol–water partition coefficient (Wildman–Crippen LogP) is 2.30. The molecule has 0 aliphatic carbocycles. The van der Waals surface area contributed by atoms with E-state index in [0.29, 0.717) is 6.42 Å². The van der Waals surface area contributed by atoms with Crippen LogP contribution in [0.5, 0.6) is 0 Å². The number of hydrogen-bond acceptors (Lipinski definition) is 2. The van der Waals surface area contributed by atoms with Crippen LogP contribution >= 0.6 is 0 Å². The third-order valence-electron chi connectivity index (χ3n) is 2.64. The molecule has 0 radical (unpaired) electrons. The second-order valence-corrected chi connectivity index (χ2v) is 4.02. The van der Waals surface area contributed by atoms with Crippen molar-refractivity contribution in [2.45, 2.75) is 19.8 Å². The highest BCUT2D eigenvalue weighted by atomic mass is 16.1. The van der Waals surface area contributed by atoms with E-state index in [4.69, 9.17) is 0 Å². The molecule has 0 bridgehead atoms. The zero-order valence-corrected chi connectivity index (χ0v) is 9.94. The summed E-state index contributed by atoms with van der Waals surface area (Å²) in [4.78, 5) is 16.0. The SMILES string of the molecule is CCCNC(=O)Cc1cccc2cccnc12. The highest BCUT2D eigenvalue weighted by molar-refractivity contribution is 5.87. The van der Waals surface area contributed by atoms with Crippen LogP contribution in [0.25, 0.3) is 10.9 Å². The lowest BCUT2D eigenvalue weighted by molar-refractivity contribution is -0.120. The van der Waals surface area contributed by atoms with E-state index in [1.165, 1.54) is 0 Å². The molecule has 2 rings (SSSR count). The Morgan fingerprint density at radius 3 is 2.94 bits per heavy atom. The quantitative estimate of drug-likeness (QED) is 0.872. The van der Waals surface area contributed by atoms with Gasteiger partial charge in [0.1, 0.15) is 0 Å². The van der Waals surface area contributed by atoms with Crippen molar-refractivity contribution in [1.29, 1.82) is 0 Å². The highest BCUT2D eigenvalue weighted by Crippen LogP contribution is 2.16. The summed E-state index contributed by atoms with van der Waals surface area (Å²) in [6, 6.07) is 9.85. The molecule has 0 saturated carbocycles. The van der Waals surface area contributed by atoms with E-state index in [-0.39, 0.29) is 5.91 Å². The average Bonchev–Trinajstić information content (AvgIpc) is 2.37. The fourth-order valence-electron chi connectivity index (χ4n) is 1.81. The first kappa shape index (κ1) is 11.6. The molecule has 0 fully saturated rings. The van der Waals surface area contributed by atoms with E-state index >= 15 is 0 Å². The number of carbonyl (C=O) groups excluding carboxylic acids is 1. The summed E-state index contributed by atoms with van der Waals surface area (Å²) in [5.41, 5.74) is 1.90. The molecule has 0 unspecified atom stereocenters. The molecule has 0 spiro atoms. The molecule has 1 heterocycles. The first-order valence-electron chi connectivity index (χ1n) is 5.90. The lowest BCUT2D eigenvalue weighted by atomic mass is 10.1. The van der Waals surface area contributed by atoms with Crippen LogP contribution in [0.2, 0.25) is 0 Å².